The van der Waals surface area contributed by atoms with Crippen LogP contribution in [0.5, 0.6) is 0 Å². The number of aliphatic hydroxyl groups excluding tert-OH is 2. The lowest BCUT2D eigenvalue weighted by atomic mass is 10.0. The molecule has 214 valence electrons. The summed E-state index contributed by atoms with van der Waals surface area (Å²) in [6, 6.07) is 2.37. The molecule has 0 radical (unpaired) electrons. The number of benzene rings is 1. The number of carbonyl (C=O) groups is 5. The Labute approximate surface area is 235 Å². The molecular formula is C25H33Cl2N5O7. The van der Waals surface area contributed by atoms with Crippen molar-refractivity contribution in [2.24, 2.45) is 0 Å². The number of hydrogen-bond donors (Lipinski definition) is 6. The van der Waals surface area contributed by atoms with Gasteiger partial charge in [0.1, 0.15) is 24.2 Å². The summed E-state index contributed by atoms with van der Waals surface area (Å²) in [4.78, 5) is 67.0. The van der Waals surface area contributed by atoms with Crippen molar-refractivity contribution in [2.45, 2.75) is 73.8 Å². The molecular weight excluding hydrogens is 553 g/mol. The van der Waals surface area contributed by atoms with E-state index in [1.165, 1.54) is 6.92 Å². The number of hydrogen-bond acceptors (Lipinski definition) is 7. The van der Waals surface area contributed by atoms with Gasteiger partial charge in [0.25, 0.3) is 0 Å². The number of carbonyl (C=O) groups excluding carboxylic acids is 5. The zero-order chi connectivity index (χ0) is 28.9. The van der Waals surface area contributed by atoms with Crippen LogP contribution in [0.3, 0.4) is 0 Å². The second-order valence-electron chi connectivity index (χ2n) is 9.57. The predicted octanol–water partition coefficient (Wildman–Crippen LogP) is -1.09. The van der Waals surface area contributed by atoms with Crippen LogP contribution >= 0.6 is 23.2 Å². The van der Waals surface area contributed by atoms with E-state index < -0.39 is 83.2 Å². The average molecular weight is 586 g/mol. The molecule has 0 bridgehead atoms. The fourth-order valence-electron chi connectivity index (χ4n) is 4.56. The lowest BCUT2D eigenvalue weighted by molar-refractivity contribution is -0.144. The molecule has 0 saturated carbocycles. The third kappa shape index (κ3) is 7.18. The van der Waals surface area contributed by atoms with Crippen LogP contribution in [0.1, 0.15) is 38.3 Å². The first-order valence-corrected chi connectivity index (χ1v) is 13.5. The molecule has 0 aromatic heterocycles. The summed E-state index contributed by atoms with van der Waals surface area (Å²) < 4.78 is 0. The van der Waals surface area contributed by atoms with E-state index in [1.807, 2.05) is 0 Å². The maximum absolute atomic E-state index is 13.5. The van der Waals surface area contributed by atoms with Crippen molar-refractivity contribution in [3.63, 3.8) is 0 Å². The molecule has 2 heterocycles. The van der Waals surface area contributed by atoms with Crippen LogP contribution in [0.25, 0.3) is 0 Å². The van der Waals surface area contributed by atoms with Crippen LogP contribution in [-0.4, -0.2) is 98.8 Å². The summed E-state index contributed by atoms with van der Waals surface area (Å²) in [5, 5.41) is 28.5. The number of fused-ring (bicyclic) bond motifs is 1. The van der Waals surface area contributed by atoms with Crippen LogP contribution in [0.2, 0.25) is 0 Å². The molecule has 0 spiro atoms. The minimum Gasteiger partial charge on any atom is -0.394 e. The van der Waals surface area contributed by atoms with Crippen molar-refractivity contribution in [1.29, 1.82) is 0 Å². The van der Waals surface area contributed by atoms with Crippen molar-refractivity contribution in [1.82, 2.24) is 26.2 Å². The Morgan fingerprint density at radius 3 is 2.15 bits per heavy atom. The van der Waals surface area contributed by atoms with Gasteiger partial charge in [-0.05, 0) is 18.9 Å². The highest BCUT2D eigenvalue weighted by Crippen LogP contribution is 2.29. The molecule has 2 aliphatic heterocycles. The average Bonchev–Trinajstić information content (AvgIpc) is 3.21. The largest absolute Gasteiger partial charge is 0.394 e. The van der Waals surface area contributed by atoms with Crippen molar-refractivity contribution in [2.75, 3.05) is 13.2 Å². The molecule has 8 atom stereocenters. The van der Waals surface area contributed by atoms with Crippen LogP contribution in [0.4, 0.5) is 0 Å². The smallest absolute Gasteiger partial charge is 0.248 e. The molecule has 2 fully saturated rings. The molecule has 5 amide bonds. The van der Waals surface area contributed by atoms with Gasteiger partial charge in [-0.25, -0.2) is 0 Å². The maximum atomic E-state index is 13.5. The minimum absolute atomic E-state index is 0.119. The van der Waals surface area contributed by atoms with Gasteiger partial charge in [0.15, 0.2) is 0 Å². The Kier molecular flexibility index (Phi) is 10.5. The lowest BCUT2D eigenvalue weighted by Gasteiger charge is -2.32. The predicted molar refractivity (Wildman–Crippen MR) is 142 cm³/mol. The molecule has 39 heavy (non-hydrogen) atoms. The normalized spacial score (nSPS) is 32.0. The molecule has 2 unspecified atom stereocenters. The van der Waals surface area contributed by atoms with Gasteiger partial charge in [-0.15, -0.1) is 23.2 Å². The molecule has 3 rings (SSSR count). The van der Waals surface area contributed by atoms with Crippen LogP contribution in [-0.2, 0) is 24.0 Å². The van der Waals surface area contributed by atoms with Gasteiger partial charge >= 0.3 is 0 Å². The number of amides is 5. The van der Waals surface area contributed by atoms with E-state index in [9.17, 15) is 34.2 Å². The number of halogens is 2. The summed E-state index contributed by atoms with van der Waals surface area (Å²) in [5.41, 5.74) is 0.554. The molecule has 2 aliphatic rings. The molecule has 12 nitrogen and oxygen atoms in total. The summed E-state index contributed by atoms with van der Waals surface area (Å²) in [6.45, 7) is 2.05. The zero-order valence-electron chi connectivity index (χ0n) is 21.5. The number of rotatable bonds is 4. The first-order chi connectivity index (χ1) is 18.5. The summed E-state index contributed by atoms with van der Waals surface area (Å²) in [5.74, 6) is -3.75. The van der Waals surface area contributed by atoms with Gasteiger partial charge in [0, 0.05) is 6.54 Å². The third-order valence-corrected chi connectivity index (χ3v) is 7.82. The van der Waals surface area contributed by atoms with Crippen molar-refractivity contribution in [3.8, 4) is 0 Å². The van der Waals surface area contributed by atoms with Gasteiger partial charge in [-0.2, -0.15) is 0 Å². The second-order valence-corrected chi connectivity index (χ2v) is 10.6. The number of alkyl halides is 2. The van der Waals surface area contributed by atoms with Crippen LogP contribution in [0, 0.1) is 0 Å². The Morgan fingerprint density at radius 2 is 1.56 bits per heavy atom. The van der Waals surface area contributed by atoms with E-state index in [4.69, 9.17) is 23.2 Å². The molecule has 1 aromatic rings. The highest BCUT2D eigenvalue weighted by molar-refractivity contribution is 6.32. The lowest BCUT2D eigenvalue weighted by Crippen LogP contribution is -2.61. The van der Waals surface area contributed by atoms with Gasteiger partial charge in [-0.3, -0.25) is 24.0 Å². The number of nitrogens with zero attached hydrogens (tertiary/aromatic N) is 1. The van der Waals surface area contributed by atoms with Crippen LogP contribution < -0.4 is 21.3 Å². The molecule has 1 aromatic carbocycles. The van der Waals surface area contributed by atoms with E-state index in [2.05, 4.69) is 21.3 Å². The highest BCUT2D eigenvalue weighted by Gasteiger charge is 2.49. The van der Waals surface area contributed by atoms with Crippen molar-refractivity contribution in [3.05, 3.63) is 35.9 Å². The number of nitrogens with one attached hydrogen (secondary N) is 4. The van der Waals surface area contributed by atoms with Crippen molar-refractivity contribution >= 4 is 52.7 Å². The first kappa shape index (κ1) is 30.6. The third-order valence-electron chi connectivity index (χ3n) is 6.74. The minimum atomic E-state index is -1.45. The SMILES string of the molecule is CCC1NC(=O)C2[C@@H](Cl)[C@@H](Cl)CN2C(=O)[C@@H]([C@@H](C)O)NC(=O)C[C@@H](c2ccccc2)NC(=O)[C@@H](CO)NC1=O. The Hall–Kier alpha value is -2.93. The van der Waals surface area contributed by atoms with Crippen molar-refractivity contribution < 1.29 is 34.2 Å². The standard InChI is InChI=1S/C25H33Cl2N5O7/c1-3-15-22(36)30-17(11-33)23(37)29-16(13-7-5-4-6-8-13)9-18(35)31-20(12(2)34)25(39)32-10-14(26)19(27)21(32)24(38)28-15/h4-8,12,14-17,19-21,33-34H,3,9-11H2,1-2H3,(H,28,38)(H,29,37)(H,30,36)(H,31,35)/t12-,14+,15?,16+,17-,19+,20-,21?/m1/s1. The van der Waals surface area contributed by atoms with Crippen LogP contribution in [0.15, 0.2) is 30.3 Å². The van der Waals surface area contributed by atoms with E-state index in [0.29, 0.717) is 5.56 Å². The summed E-state index contributed by atoms with van der Waals surface area (Å²) in [7, 11) is 0. The van der Waals surface area contributed by atoms with E-state index in [0.717, 1.165) is 4.90 Å². The fourth-order valence-corrected chi connectivity index (χ4v) is 5.17. The molecule has 14 heteroatoms. The Morgan fingerprint density at radius 1 is 0.949 bits per heavy atom. The van der Waals surface area contributed by atoms with Gasteiger partial charge in [-0.1, -0.05) is 37.3 Å². The highest BCUT2D eigenvalue weighted by atomic mass is 35.5. The summed E-state index contributed by atoms with van der Waals surface area (Å²) >= 11 is 12.7. The first-order valence-electron chi connectivity index (χ1n) is 12.6. The molecule has 2 saturated heterocycles. The number of aliphatic hydroxyl groups is 2. The van der Waals surface area contributed by atoms with Gasteiger partial charge in [0.2, 0.25) is 29.5 Å². The molecule has 0 aliphatic carbocycles. The van der Waals surface area contributed by atoms with E-state index in [1.54, 1.807) is 37.3 Å². The fraction of sp³-hybridized carbons (Fsp3) is 0.560. The van der Waals surface area contributed by atoms with Gasteiger partial charge < -0.3 is 36.4 Å². The second kappa shape index (κ2) is 13.4. The maximum Gasteiger partial charge on any atom is 0.248 e. The zero-order valence-corrected chi connectivity index (χ0v) is 23.0. The quantitative estimate of drug-likeness (QED) is 0.243. The van der Waals surface area contributed by atoms with E-state index >= 15 is 0 Å². The monoisotopic (exact) mass is 585 g/mol. The Bertz CT molecular complexity index is 1080. The van der Waals surface area contributed by atoms with E-state index in [-0.39, 0.29) is 19.4 Å². The topological polar surface area (TPSA) is 177 Å². The molecule has 6 N–H and O–H groups in total. The van der Waals surface area contributed by atoms with Gasteiger partial charge in [0.05, 0.1) is 35.9 Å². The summed E-state index contributed by atoms with van der Waals surface area (Å²) in [6.07, 6.45) is -1.57. The Balaban J connectivity index is 2.03.